The van der Waals surface area contributed by atoms with E-state index in [0.29, 0.717) is 12.6 Å². The minimum atomic E-state index is 0.352. The topological polar surface area (TPSA) is 35.5 Å². The molecule has 3 nitrogen and oxygen atoms in total. The maximum Gasteiger partial charge on any atom is 0.0431 e. The van der Waals surface area contributed by atoms with Crippen molar-refractivity contribution in [1.82, 2.24) is 10.2 Å². The fourth-order valence-corrected chi connectivity index (χ4v) is 4.09. The predicted molar refractivity (Wildman–Crippen MR) is 84.9 cm³/mol. The number of hydrogen-bond donors (Lipinski definition) is 2. The lowest BCUT2D eigenvalue weighted by Gasteiger charge is -2.49. The fourth-order valence-electron chi connectivity index (χ4n) is 4.09. The molecule has 0 spiro atoms. The zero-order valence-electron chi connectivity index (χ0n) is 13.5. The van der Waals surface area contributed by atoms with E-state index in [0.717, 1.165) is 24.3 Å². The molecule has 2 atom stereocenters. The molecule has 1 saturated carbocycles. The van der Waals surface area contributed by atoms with Gasteiger partial charge < -0.3 is 15.3 Å². The molecule has 1 aliphatic heterocycles. The van der Waals surface area contributed by atoms with Crippen LogP contribution in [-0.4, -0.2) is 48.3 Å². The van der Waals surface area contributed by atoms with Crippen LogP contribution in [0.1, 0.15) is 58.8 Å². The van der Waals surface area contributed by atoms with Gasteiger partial charge >= 0.3 is 0 Å². The summed E-state index contributed by atoms with van der Waals surface area (Å²) in [5.74, 6) is 1.75. The zero-order chi connectivity index (χ0) is 14.4. The van der Waals surface area contributed by atoms with Crippen LogP contribution < -0.4 is 5.32 Å². The van der Waals surface area contributed by atoms with Crippen LogP contribution in [-0.2, 0) is 0 Å². The Morgan fingerprint density at radius 1 is 1.05 bits per heavy atom. The molecule has 2 bridgehead atoms. The lowest BCUT2D eigenvalue weighted by molar-refractivity contribution is 0.0297. The highest BCUT2D eigenvalue weighted by Crippen LogP contribution is 2.35. The molecular formula is C17H34N2O. The molecule has 1 heterocycles. The molecule has 118 valence electrons. The van der Waals surface area contributed by atoms with Gasteiger partial charge in [-0.05, 0) is 57.9 Å². The third kappa shape index (κ3) is 4.44. The monoisotopic (exact) mass is 282 g/mol. The maximum absolute atomic E-state index is 8.78. The number of nitrogens with one attached hydrogen (secondary N) is 1. The van der Waals surface area contributed by atoms with E-state index >= 15 is 0 Å². The van der Waals surface area contributed by atoms with E-state index in [2.05, 4.69) is 24.1 Å². The van der Waals surface area contributed by atoms with Gasteiger partial charge in [-0.15, -0.1) is 0 Å². The molecule has 2 fully saturated rings. The van der Waals surface area contributed by atoms with Crippen LogP contribution in [0.25, 0.3) is 0 Å². The van der Waals surface area contributed by atoms with Crippen molar-refractivity contribution < 1.29 is 5.11 Å². The van der Waals surface area contributed by atoms with E-state index in [1.54, 1.807) is 0 Å². The summed E-state index contributed by atoms with van der Waals surface area (Å²) in [6.07, 6.45) is 8.95. The first kappa shape index (κ1) is 16.3. The summed E-state index contributed by atoms with van der Waals surface area (Å²) in [5.41, 5.74) is 0. The Morgan fingerprint density at radius 2 is 1.70 bits per heavy atom. The van der Waals surface area contributed by atoms with Crippen molar-refractivity contribution in [3.05, 3.63) is 0 Å². The highest BCUT2D eigenvalue weighted by molar-refractivity contribution is 4.95. The van der Waals surface area contributed by atoms with Crippen molar-refractivity contribution in [2.45, 2.75) is 70.9 Å². The number of rotatable bonds is 8. The Bertz CT molecular complexity index is 256. The van der Waals surface area contributed by atoms with Crippen LogP contribution >= 0.6 is 0 Å². The van der Waals surface area contributed by atoms with Crippen LogP contribution in [0.2, 0.25) is 0 Å². The summed E-state index contributed by atoms with van der Waals surface area (Å²) < 4.78 is 0. The average molecular weight is 282 g/mol. The van der Waals surface area contributed by atoms with E-state index in [1.807, 2.05) is 0 Å². The van der Waals surface area contributed by atoms with Gasteiger partial charge in [-0.2, -0.15) is 0 Å². The summed E-state index contributed by atoms with van der Waals surface area (Å²) in [5, 5.41) is 12.7. The third-order valence-electron chi connectivity index (χ3n) is 5.30. The van der Waals surface area contributed by atoms with E-state index in [9.17, 15) is 0 Å². The molecule has 0 aromatic heterocycles. The van der Waals surface area contributed by atoms with Crippen molar-refractivity contribution in [3.63, 3.8) is 0 Å². The van der Waals surface area contributed by atoms with Gasteiger partial charge in [-0.3, -0.25) is 0 Å². The molecule has 0 aromatic carbocycles. The highest BCUT2D eigenvalue weighted by Gasteiger charge is 2.39. The van der Waals surface area contributed by atoms with Crippen molar-refractivity contribution >= 4 is 0 Å². The summed E-state index contributed by atoms with van der Waals surface area (Å²) in [6, 6.07) is 1.48. The molecule has 2 unspecified atom stereocenters. The van der Waals surface area contributed by atoms with Crippen LogP contribution in [0.15, 0.2) is 0 Å². The standard InChI is InChI=1S/C17H34N2O/c1-14(2)19-12-15-8-7-9-16(13-19)17(15)18-10-5-3-4-6-11-20/h14-18,20H,3-13H2,1-2H3. The van der Waals surface area contributed by atoms with E-state index in [4.69, 9.17) is 5.11 Å². The fraction of sp³-hybridized carbons (Fsp3) is 1.00. The molecular weight excluding hydrogens is 248 g/mol. The third-order valence-corrected chi connectivity index (χ3v) is 5.30. The Balaban J connectivity index is 1.72. The Labute approximate surface area is 125 Å². The highest BCUT2D eigenvalue weighted by atomic mass is 16.2. The van der Waals surface area contributed by atoms with Crippen molar-refractivity contribution in [3.8, 4) is 0 Å². The molecule has 0 aromatic rings. The van der Waals surface area contributed by atoms with Crippen LogP contribution in [0.3, 0.4) is 0 Å². The smallest absolute Gasteiger partial charge is 0.0431 e. The molecule has 1 aliphatic carbocycles. The van der Waals surface area contributed by atoms with E-state index in [1.165, 1.54) is 58.2 Å². The maximum atomic E-state index is 8.78. The first-order chi connectivity index (χ1) is 9.72. The van der Waals surface area contributed by atoms with Crippen molar-refractivity contribution in [1.29, 1.82) is 0 Å². The van der Waals surface area contributed by atoms with E-state index in [-0.39, 0.29) is 0 Å². The number of hydrogen-bond acceptors (Lipinski definition) is 3. The van der Waals surface area contributed by atoms with Gasteiger partial charge in [0.15, 0.2) is 0 Å². The summed E-state index contributed by atoms with van der Waals surface area (Å²) in [6.45, 7) is 8.80. The minimum Gasteiger partial charge on any atom is -0.396 e. The number of aliphatic hydroxyl groups is 1. The Morgan fingerprint density at radius 3 is 2.30 bits per heavy atom. The first-order valence-corrected chi connectivity index (χ1v) is 8.80. The summed E-state index contributed by atoms with van der Waals surface area (Å²) in [4.78, 5) is 2.69. The summed E-state index contributed by atoms with van der Waals surface area (Å²) in [7, 11) is 0. The first-order valence-electron chi connectivity index (χ1n) is 8.80. The molecule has 0 radical (unpaired) electrons. The van der Waals surface area contributed by atoms with Gasteiger partial charge in [-0.25, -0.2) is 0 Å². The number of fused-ring (bicyclic) bond motifs is 2. The van der Waals surface area contributed by atoms with Gasteiger partial charge in [0, 0.05) is 31.8 Å². The second-order valence-electron chi connectivity index (χ2n) is 7.12. The second kappa shape index (κ2) is 8.35. The quantitative estimate of drug-likeness (QED) is 0.672. The molecule has 2 aliphatic rings. The Kier molecular flexibility index (Phi) is 6.79. The predicted octanol–water partition coefficient (Wildman–Crippen LogP) is 2.64. The van der Waals surface area contributed by atoms with Crippen molar-refractivity contribution in [2.24, 2.45) is 11.8 Å². The zero-order valence-corrected chi connectivity index (χ0v) is 13.5. The Hall–Kier alpha value is -0.120. The largest absolute Gasteiger partial charge is 0.396 e. The van der Waals surface area contributed by atoms with Gasteiger partial charge in [-0.1, -0.05) is 19.3 Å². The molecule has 2 rings (SSSR count). The number of unbranched alkanes of at least 4 members (excludes halogenated alkanes) is 3. The second-order valence-corrected chi connectivity index (χ2v) is 7.12. The lowest BCUT2D eigenvalue weighted by atomic mass is 9.73. The molecule has 3 heteroatoms. The van der Waals surface area contributed by atoms with Crippen molar-refractivity contribution in [2.75, 3.05) is 26.2 Å². The van der Waals surface area contributed by atoms with Gasteiger partial charge in [0.25, 0.3) is 0 Å². The summed E-state index contributed by atoms with van der Waals surface area (Å²) >= 11 is 0. The SMILES string of the molecule is CC(C)N1CC2CCCC(C1)C2NCCCCCCO. The van der Waals surface area contributed by atoms with Crippen LogP contribution in [0.5, 0.6) is 0 Å². The van der Waals surface area contributed by atoms with Gasteiger partial charge in [0.2, 0.25) is 0 Å². The van der Waals surface area contributed by atoms with Crippen LogP contribution in [0.4, 0.5) is 0 Å². The minimum absolute atomic E-state index is 0.352. The average Bonchev–Trinajstić information content (AvgIpc) is 2.41. The lowest BCUT2D eigenvalue weighted by Crippen LogP contribution is -2.58. The van der Waals surface area contributed by atoms with Crippen LogP contribution in [0, 0.1) is 11.8 Å². The molecule has 2 N–H and O–H groups in total. The number of piperidine rings is 1. The van der Waals surface area contributed by atoms with Gasteiger partial charge in [0.05, 0.1) is 0 Å². The van der Waals surface area contributed by atoms with Gasteiger partial charge in [0.1, 0.15) is 0 Å². The number of likely N-dealkylation sites (tertiary alicyclic amines) is 1. The molecule has 0 amide bonds. The number of nitrogens with zero attached hydrogens (tertiary/aromatic N) is 1. The molecule has 20 heavy (non-hydrogen) atoms. The molecule has 1 saturated heterocycles. The number of aliphatic hydroxyl groups excluding tert-OH is 1. The van der Waals surface area contributed by atoms with E-state index < -0.39 is 0 Å². The normalized spacial score (nSPS) is 30.9.